The van der Waals surface area contributed by atoms with Crippen molar-refractivity contribution in [1.29, 1.82) is 0 Å². The topological polar surface area (TPSA) is 54.2 Å². The van der Waals surface area contributed by atoms with E-state index in [4.69, 9.17) is 0 Å². The first kappa shape index (κ1) is 14.2. The Labute approximate surface area is 125 Å². The summed E-state index contributed by atoms with van der Waals surface area (Å²) in [5.41, 5.74) is 2.46. The van der Waals surface area contributed by atoms with E-state index in [1.807, 2.05) is 35.4 Å². The van der Waals surface area contributed by atoms with E-state index in [-0.39, 0.29) is 6.10 Å². The third-order valence-electron chi connectivity index (χ3n) is 4.15. The predicted molar refractivity (Wildman–Crippen MR) is 80.6 cm³/mol. The highest BCUT2D eigenvalue weighted by Crippen LogP contribution is 2.22. The van der Waals surface area contributed by atoms with Crippen LogP contribution in [-0.2, 0) is 19.5 Å². The molecule has 5 nitrogen and oxygen atoms in total. The van der Waals surface area contributed by atoms with Crippen molar-refractivity contribution in [2.24, 2.45) is 5.92 Å². The Kier molecular flexibility index (Phi) is 4.31. The third-order valence-corrected chi connectivity index (χ3v) is 4.15. The van der Waals surface area contributed by atoms with Gasteiger partial charge in [0, 0.05) is 56.3 Å². The van der Waals surface area contributed by atoms with Crippen molar-refractivity contribution in [2.75, 3.05) is 13.1 Å². The van der Waals surface area contributed by atoms with E-state index in [0.29, 0.717) is 5.92 Å². The Morgan fingerprint density at radius 1 is 1.24 bits per heavy atom. The maximum Gasteiger partial charge on any atom is 0.0710 e. The standard InChI is InChI=1S/C16H22N4O/c1-2-20-10-14(8-18-20)9-19-11-15(16(21)12-19)7-13-3-5-17-6-4-13/h3-6,8,10,15-16,21H,2,7,9,11-12H2,1H3/t15-,16+/m1/s1. The molecule has 5 heteroatoms. The molecule has 21 heavy (non-hydrogen) atoms. The molecule has 0 spiro atoms. The molecule has 2 atom stereocenters. The molecule has 0 radical (unpaired) electrons. The lowest BCUT2D eigenvalue weighted by molar-refractivity contribution is 0.141. The number of aryl methyl sites for hydroxylation is 1. The molecule has 1 aliphatic heterocycles. The fraction of sp³-hybridized carbons (Fsp3) is 0.500. The second-order valence-electron chi connectivity index (χ2n) is 5.79. The van der Waals surface area contributed by atoms with Crippen LogP contribution < -0.4 is 0 Å². The van der Waals surface area contributed by atoms with E-state index in [9.17, 15) is 5.11 Å². The van der Waals surface area contributed by atoms with E-state index in [1.165, 1.54) is 11.1 Å². The molecule has 0 aliphatic carbocycles. The Balaban J connectivity index is 1.58. The Bertz CT molecular complexity index is 569. The number of nitrogens with zero attached hydrogens (tertiary/aromatic N) is 4. The molecular formula is C16H22N4O. The molecule has 1 N–H and O–H groups in total. The average Bonchev–Trinajstić information content (AvgIpc) is 3.08. The fourth-order valence-electron chi connectivity index (χ4n) is 3.01. The zero-order chi connectivity index (χ0) is 14.7. The molecule has 0 bridgehead atoms. The summed E-state index contributed by atoms with van der Waals surface area (Å²) in [7, 11) is 0. The van der Waals surface area contributed by atoms with Crippen LogP contribution in [0, 0.1) is 5.92 Å². The van der Waals surface area contributed by atoms with Crippen molar-refractivity contribution < 1.29 is 5.11 Å². The number of likely N-dealkylation sites (tertiary alicyclic amines) is 1. The quantitative estimate of drug-likeness (QED) is 0.901. The van der Waals surface area contributed by atoms with Crippen molar-refractivity contribution in [3.8, 4) is 0 Å². The van der Waals surface area contributed by atoms with Crippen molar-refractivity contribution in [3.05, 3.63) is 48.0 Å². The van der Waals surface area contributed by atoms with Crippen molar-refractivity contribution in [3.63, 3.8) is 0 Å². The Hall–Kier alpha value is -1.72. The molecule has 0 saturated carbocycles. The summed E-state index contributed by atoms with van der Waals surface area (Å²) in [6.45, 7) is 5.52. The minimum Gasteiger partial charge on any atom is -0.391 e. The van der Waals surface area contributed by atoms with Gasteiger partial charge in [0.2, 0.25) is 0 Å². The maximum atomic E-state index is 10.3. The van der Waals surface area contributed by atoms with Crippen molar-refractivity contribution in [2.45, 2.75) is 32.5 Å². The molecule has 2 aromatic heterocycles. The van der Waals surface area contributed by atoms with Crippen LogP contribution in [0.25, 0.3) is 0 Å². The summed E-state index contributed by atoms with van der Waals surface area (Å²) >= 11 is 0. The summed E-state index contributed by atoms with van der Waals surface area (Å²) in [4.78, 5) is 6.35. The van der Waals surface area contributed by atoms with Gasteiger partial charge in [-0.3, -0.25) is 14.6 Å². The second-order valence-corrected chi connectivity index (χ2v) is 5.79. The minimum absolute atomic E-state index is 0.251. The van der Waals surface area contributed by atoms with Gasteiger partial charge in [0.05, 0.1) is 12.3 Å². The van der Waals surface area contributed by atoms with E-state index in [0.717, 1.165) is 32.6 Å². The molecule has 0 amide bonds. The van der Waals surface area contributed by atoms with E-state index in [2.05, 4.69) is 28.1 Å². The fourth-order valence-corrected chi connectivity index (χ4v) is 3.01. The highest BCUT2D eigenvalue weighted by molar-refractivity contribution is 5.12. The van der Waals surface area contributed by atoms with Crippen LogP contribution in [0.2, 0.25) is 0 Å². The zero-order valence-corrected chi connectivity index (χ0v) is 12.4. The minimum atomic E-state index is -0.251. The lowest BCUT2D eigenvalue weighted by Crippen LogP contribution is -2.21. The van der Waals surface area contributed by atoms with Crippen LogP contribution in [0.1, 0.15) is 18.1 Å². The van der Waals surface area contributed by atoms with Gasteiger partial charge in [-0.05, 0) is 31.0 Å². The Morgan fingerprint density at radius 2 is 2.05 bits per heavy atom. The number of hydrogen-bond acceptors (Lipinski definition) is 4. The van der Waals surface area contributed by atoms with Gasteiger partial charge >= 0.3 is 0 Å². The van der Waals surface area contributed by atoms with E-state index >= 15 is 0 Å². The van der Waals surface area contributed by atoms with E-state index < -0.39 is 0 Å². The first-order valence-corrected chi connectivity index (χ1v) is 7.55. The highest BCUT2D eigenvalue weighted by Gasteiger charge is 2.31. The summed E-state index contributed by atoms with van der Waals surface area (Å²) in [6, 6.07) is 4.06. The summed E-state index contributed by atoms with van der Waals surface area (Å²) in [5.74, 6) is 0.300. The molecule has 1 fully saturated rings. The van der Waals surface area contributed by atoms with Gasteiger partial charge in [0.25, 0.3) is 0 Å². The molecule has 2 aromatic rings. The average molecular weight is 286 g/mol. The van der Waals surface area contributed by atoms with Gasteiger partial charge in [-0.15, -0.1) is 0 Å². The number of aliphatic hydroxyl groups excluding tert-OH is 1. The monoisotopic (exact) mass is 286 g/mol. The molecule has 1 aliphatic rings. The number of β-amino-alcohol motifs (C(OH)–C–C–N with tert-alkyl or cyclic N) is 1. The van der Waals surface area contributed by atoms with Crippen LogP contribution in [0.5, 0.6) is 0 Å². The summed E-state index contributed by atoms with van der Waals surface area (Å²) in [5, 5.41) is 14.6. The molecule has 3 rings (SSSR count). The lowest BCUT2D eigenvalue weighted by atomic mass is 9.97. The normalized spacial score (nSPS) is 22.8. The molecule has 3 heterocycles. The predicted octanol–water partition coefficient (Wildman–Crippen LogP) is 1.33. The van der Waals surface area contributed by atoms with Crippen LogP contribution in [0.3, 0.4) is 0 Å². The van der Waals surface area contributed by atoms with Gasteiger partial charge in [0.15, 0.2) is 0 Å². The third kappa shape index (κ3) is 3.49. The smallest absolute Gasteiger partial charge is 0.0710 e. The van der Waals surface area contributed by atoms with E-state index in [1.54, 1.807) is 0 Å². The first-order chi connectivity index (χ1) is 10.2. The van der Waals surface area contributed by atoms with Crippen LogP contribution in [0.15, 0.2) is 36.9 Å². The number of aliphatic hydroxyl groups is 1. The number of pyridine rings is 1. The highest BCUT2D eigenvalue weighted by atomic mass is 16.3. The first-order valence-electron chi connectivity index (χ1n) is 7.55. The number of rotatable bonds is 5. The van der Waals surface area contributed by atoms with Crippen LogP contribution in [-0.4, -0.2) is 44.0 Å². The van der Waals surface area contributed by atoms with Gasteiger partial charge in [0.1, 0.15) is 0 Å². The molecule has 0 aromatic carbocycles. The number of aromatic nitrogens is 3. The molecule has 1 saturated heterocycles. The van der Waals surface area contributed by atoms with Crippen molar-refractivity contribution >= 4 is 0 Å². The number of hydrogen-bond donors (Lipinski definition) is 1. The molecular weight excluding hydrogens is 264 g/mol. The summed E-state index contributed by atoms with van der Waals surface area (Å²) in [6.07, 6.45) is 8.30. The van der Waals surface area contributed by atoms with Crippen molar-refractivity contribution in [1.82, 2.24) is 19.7 Å². The maximum absolute atomic E-state index is 10.3. The zero-order valence-electron chi connectivity index (χ0n) is 12.4. The second kappa shape index (κ2) is 6.37. The largest absolute Gasteiger partial charge is 0.391 e. The van der Waals surface area contributed by atoms with Crippen LogP contribution in [0.4, 0.5) is 0 Å². The van der Waals surface area contributed by atoms with Gasteiger partial charge in [-0.1, -0.05) is 0 Å². The SMILES string of the molecule is CCn1cc(CN2C[C@@H](Cc3ccncc3)[C@@H](O)C2)cn1. The van der Waals surface area contributed by atoms with Crippen LogP contribution >= 0.6 is 0 Å². The van der Waals surface area contributed by atoms with Gasteiger partial charge < -0.3 is 5.11 Å². The summed E-state index contributed by atoms with van der Waals surface area (Å²) < 4.78 is 1.94. The van der Waals surface area contributed by atoms with Gasteiger partial charge in [-0.25, -0.2) is 0 Å². The molecule has 0 unspecified atom stereocenters. The molecule has 112 valence electrons. The van der Waals surface area contributed by atoms with Gasteiger partial charge in [-0.2, -0.15) is 5.10 Å². The lowest BCUT2D eigenvalue weighted by Gasteiger charge is -2.14. The Morgan fingerprint density at radius 3 is 2.76 bits per heavy atom.